The Labute approximate surface area is 165 Å². The first kappa shape index (κ1) is 19.5. The van der Waals surface area contributed by atoms with Crippen molar-refractivity contribution in [3.63, 3.8) is 0 Å². The molecule has 1 aromatic carbocycles. The largest absolute Gasteiger partial charge is 0.390 e. The van der Waals surface area contributed by atoms with Crippen LogP contribution in [0.5, 0.6) is 0 Å². The van der Waals surface area contributed by atoms with E-state index in [-0.39, 0.29) is 24.2 Å². The van der Waals surface area contributed by atoms with Crippen LogP contribution in [-0.4, -0.2) is 35.4 Å². The minimum atomic E-state index is -0.566. The van der Waals surface area contributed by atoms with Gasteiger partial charge in [0.05, 0.1) is 35.9 Å². The average Bonchev–Trinajstić information content (AvgIpc) is 3.24. The molecule has 11 heteroatoms. The Morgan fingerprint density at radius 1 is 1.36 bits per heavy atom. The number of anilines is 1. The molecule has 0 aliphatic rings. The number of rotatable bonds is 7. The fraction of sp³-hybridized carbons (Fsp3) is 0.294. The second-order valence-corrected chi connectivity index (χ2v) is 6.74. The molecule has 0 fully saturated rings. The van der Waals surface area contributed by atoms with Crippen LogP contribution < -0.4 is 5.32 Å². The highest BCUT2D eigenvalue weighted by atomic mass is 35.5. The second-order valence-electron chi connectivity index (χ2n) is 6.33. The lowest BCUT2D eigenvalue weighted by molar-refractivity contribution is -0.389. The lowest BCUT2D eigenvalue weighted by Gasteiger charge is -2.09. The molecule has 3 rings (SSSR count). The van der Waals surface area contributed by atoms with Crippen molar-refractivity contribution in [2.24, 2.45) is 5.92 Å². The van der Waals surface area contributed by atoms with Crippen molar-refractivity contribution >= 4 is 29.3 Å². The summed E-state index contributed by atoms with van der Waals surface area (Å²) in [6.07, 6.45) is 1.50. The Bertz CT molecular complexity index is 1010. The highest BCUT2D eigenvalue weighted by Crippen LogP contribution is 2.16. The van der Waals surface area contributed by atoms with Crippen LogP contribution in [0.1, 0.15) is 18.2 Å². The molecular weight excluding hydrogens is 386 g/mol. The minimum Gasteiger partial charge on any atom is -0.358 e. The van der Waals surface area contributed by atoms with Crippen LogP contribution in [-0.2, 0) is 17.9 Å². The standard InChI is InChI=1S/C17H18ClN7O3/c1-11(8-24-12(2)7-15(21-24)25(27)28)16(26)20-17-19-10-23(22-17)9-13-5-3-4-6-14(13)18/h3-7,10-11H,8-9H2,1-2H3,(H,20,22,26). The summed E-state index contributed by atoms with van der Waals surface area (Å²) in [5, 5.41) is 22.2. The minimum absolute atomic E-state index is 0.173. The monoisotopic (exact) mass is 403 g/mol. The van der Waals surface area contributed by atoms with E-state index in [9.17, 15) is 14.9 Å². The van der Waals surface area contributed by atoms with Gasteiger partial charge < -0.3 is 10.1 Å². The predicted octanol–water partition coefficient (Wildman–Crippen LogP) is 2.67. The van der Waals surface area contributed by atoms with Gasteiger partial charge in [0.2, 0.25) is 11.9 Å². The first-order valence-corrected chi connectivity index (χ1v) is 8.84. The lowest BCUT2D eigenvalue weighted by Crippen LogP contribution is -2.25. The number of nitrogens with zero attached hydrogens (tertiary/aromatic N) is 6. The molecule has 10 nitrogen and oxygen atoms in total. The van der Waals surface area contributed by atoms with Crippen molar-refractivity contribution < 1.29 is 9.72 Å². The molecule has 2 heterocycles. The third-order valence-electron chi connectivity index (χ3n) is 4.11. The average molecular weight is 404 g/mol. The molecule has 0 aliphatic carbocycles. The van der Waals surface area contributed by atoms with Crippen molar-refractivity contribution in [1.82, 2.24) is 24.5 Å². The van der Waals surface area contributed by atoms with Crippen molar-refractivity contribution in [2.45, 2.75) is 26.9 Å². The lowest BCUT2D eigenvalue weighted by atomic mass is 10.1. The molecule has 1 unspecified atom stereocenters. The molecule has 1 atom stereocenters. The summed E-state index contributed by atoms with van der Waals surface area (Å²) in [6, 6.07) is 8.76. The number of nitro groups is 1. The van der Waals surface area contributed by atoms with Gasteiger partial charge in [-0.3, -0.25) is 10.1 Å². The highest BCUT2D eigenvalue weighted by Gasteiger charge is 2.21. The topological polar surface area (TPSA) is 121 Å². The van der Waals surface area contributed by atoms with Gasteiger partial charge >= 0.3 is 5.82 Å². The second kappa shape index (κ2) is 8.17. The molecule has 1 amide bonds. The molecule has 3 aromatic rings. The van der Waals surface area contributed by atoms with E-state index in [0.29, 0.717) is 17.3 Å². The van der Waals surface area contributed by atoms with E-state index in [1.165, 1.54) is 17.1 Å². The van der Waals surface area contributed by atoms with Crippen molar-refractivity contribution in [3.8, 4) is 0 Å². The van der Waals surface area contributed by atoms with Crippen LogP contribution in [0.15, 0.2) is 36.7 Å². The Morgan fingerprint density at radius 2 is 2.11 bits per heavy atom. The van der Waals surface area contributed by atoms with E-state index in [2.05, 4.69) is 20.5 Å². The zero-order valence-electron chi connectivity index (χ0n) is 15.2. The maximum Gasteiger partial charge on any atom is 0.390 e. The number of benzene rings is 1. The normalized spacial score (nSPS) is 12.0. The van der Waals surface area contributed by atoms with Gasteiger partial charge in [-0.25, -0.2) is 9.67 Å². The van der Waals surface area contributed by atoms with E-state index >= 15 is 0 Å². The fourth-order valence-corrected chi connectivity index (χ4v) is 2.77. The van der Waals surface area contributed by atoms with Gasteiger partial charge in [-0.15, -0.1) is 5.10 Å². The SMILES string of the molecule is Cc1cc([N+](=O)[O-])nn1CC(C)C(=O)Nc1ncn(Cc2ccccc2Cl)n1. The summed E-state index contributed by atoms with van der Waals surface area (Å²) < 4.78 is 3.01. The maximum atomic E-state index is 12.4. The van der Waals surface area contributed by atoms with E-state index in [0.717, 1.165) is 5.56 Å². The van der Waals surface area contributed by atoms with Crippen LogP contribution in [0, 0.1) is 23.0 Å². The number of carbonyl (C=O) groups is 1. The van der Waals surface area contributed by atoms with Gasteiger partial charge in [0.25, 0.3) is 0 Å². The molecular formula is C17H18ClN7O3. The van der Waals surface area contributed by atoms with Crippen molar-refractivity contribution in [2.75, 3.05) is 5.32 Å². The third kappa shape index (κ3) is 4.52. The van der Waals surface area contributed by atoms with Crippen LogP contribution in [0.25, 0.3) is 0 Å². The molecule has 0 aliphatic heterocycles. The van der Waals surface area contributed by atoms with Gasteiger partial charge in [0, 0.05) is 5.02 Å². The van der Waals surface area contributed by atoms with E-state index in [4.69, 9.17) is 11.6 Å². The van der Waals surface area contributed by atoms with Crippen LogP contribution in [0.4, 0.5) is 11.8 Å². The predicted molar refractivity (Wildman–Crippen MR) is 102 cm³/mol. The number of carbonyl (C=O) groups excluding carboxylic acids is 1. The van der Waals surface area contributed by atoms with Crippen LogP contribution in [0.2, 0.25) is 5.02 Å². The van der Waals surface area contributed by atoms with Crippen LogP contribution in [0.3, 0.4) is 0 Å². The molecule has 0 spiro atoms. The molecule has 0 saturated heterocycles. The molecule has 146 valence electrons. The number of aromatic nitrogens is 5. The van der Waals surface area contributed by atoms with Crippen LogP contribution >= 0.6 is 11.6 Å². The molecule has 28 heavy (non-hydrogen) atoms. The molecule has 0 bridgehead atoms. The number of halogens is 1. The quantitative estimate of drug-likeness (QED) is 0.478. The summed E-state index contributed by atoms with van der Waals surface area (Å²) >= 11 is 6.14. The Balaban J connectivity index is 1.61. The van der Waals surface area contributed by atoms with E-state index < -0.39 is 10.8 Å². The number of hydrogen-bond acceptors (Lipinski definition) is 6. The van der Waals surface area contributed by atoms with Crippen molar-refractivity contribution in [3.05, 3.63) is 63.1 Å². The number of hydrogen-bond donors (Lipinski definition) is 1. The van der Waals surface area contributed by atoms with E-state index in [1.807, 2.05) is 18.2 Å². The molecule has 2 aromatic heterocycles. The molecule has 1 N–H and O–H groups in total. The van der Waals surface area contributed by atoms with Gasteiger partial charge in [-0.05, 0) is 23.5 Å². The summed E-state index contributed by atoms with van der Waals surface area (Å²) in [6.45, 7) is 4.02. The van der Waals surface area contributed by atoms with Gasteiger partial charge in [0.1, 0.15) is 6.33 Å². The summed E-state index contributed by atoms with van der Waals surface area (Å²) in [4.78, 5) is 26.7. The van der Waals surface area contributed by atoms with E-state index in [1.54, 1.807) is 24.6 Å². The Morgan fingerprint density at radius 3 is 2.79 bits per heavy atom. The highest BCUT2D eigenvalue weighted by molar-refractivity contribution is 6.31. The number of nitrogens with one attached hydrogen (secondary N) is 1. The molecule has 0 saturated carbocycles. The van der Waals surface area contributed by atoms with Crippen molar-refractivity contribution in [1.29, 1.82) is 0 Å². The van der Waals surface area contributed by atoms with Gasteiger partial charge in [0.15, 0.2) is 0 Å². The zero-order chi connectivity index (χ0) is 20.3. The van der Waals surface area contributed by atoms with Gasteiger partial charge in [-0.2, -0.15) is 4.68 Å². The third-order valence-corrected chi connectivity index (χ3v) is 4.48. The number of amides is 1. The fourth-order valence-electron chi connectivity index (χ4n) is 2.57. The van der Waals surface area contributed by atoms with Gasteiger partial charge in [-0.1, -0.05) is 36.7 Å². The maximum absolute atomic E-state index is 12.4. The first-order valence-electron chi connectivity index (χ1n) is 8.46. The summed E-state index contributed by atoms with van der Waals surface area (Å²) in [5.74, 6) is -0.876. The summed E-state index contributed by atoms with van der Waals surface area (Å²) in [7, 11) is 0. The first-order chi connectivity index (χ1) is 13.3. The zero-order valence-corrected chi connectivity index (χ0v) is 16.0. The smallest absolute Gasteiger partial charge is 0.358 e. The Hall–Kier alpha value is -3.27. The molecule has 0 radical (unpaired) electrons. The number of aryl methyl sites for hydroxylation is 1. The Kier molecular flexibility index (Phi) is 5.69. The summed E-state index contributed by atoms with van der Waals surface area (Å²) in [5.41, 5.74) is 1.49.